The number of carbonyl (C=O) groups is 2. The van der Waals surface area contributed by atoms with E-state index in [0.29, 0.717) is 35.2 Å². The Bertz CT molecular complexity index is 974. The molecular formula is C24H27ClN2O4. The third-order valence-electron chi connectivity index (χ3n) is 6.25. The molecule has 2 aliphatic rings. The Hall–Kier alpha value is -2.73. The van der Waals surface area contributed by atoms with Crippen LogP contribution in [0.3, 0.4) is 0 Å². The van der Waals surface area contributed by atoms with Crippen LogP contribution >= 0.6 is 11.6 Å². The Kier molecular flexibility index (Phi) is 6.37. The molecule has 7 heteroatoms. The van der Waals surface area contributed by atoms with E-state index in [1.807, 2.05) is 23.1 Å². The van der Waals surface area contributed by atoms with Crippen molar-refractivity contribution >= 4 is 23.4 Å². The number of benzene rings is 2. The minimum absolute atomic E-state index is 0.105. The highest BCUT2D eigenvalue weighted by molar-refractivity contribution is 6.30. The van der Waals surface area contributed by atoms with Gasteiger partial charge in [0.2, 0.25) is 5.91 Å². The molecule has 0 aromatic heterocycles. The molecule has 164 valence electrons. The first-order chi connectivity index (χ1) is 15.0. The Morgan fingerprint density at radius 3 is 2.42 bits per heavy atom. The van der Waals surface area contributed by atoms with E-state index in [2.05, 4.69) is 0 Å². The molecule has 0 unspecified atom stereocenters. The zero-order valence-corrected chi connectivity index (χ0v) is 18.6. The summed E-state index contributed by atoms with van der Waals surface area (Å²) in [7, 11) is 3.23. The highest BCUT2D eigenvalue weighted by Crippen LogP contribution is 2.41. The summed E-state index contributed by atoms with van der Waals surface area (Å²) < 4.78 is 11.0. The average Bonchev–Trinajstić information content (AvgIpc) is 3.48. The molecular weight excluding hydrogens is 416 g/mol. The number of rotatable bonds is 5. The molecule has 2 aliphatic heterocycles. The van der Waals surface area contributed by atoms with Crippen molar-refractivity contribution in [2.45, 2.75) is 18.8 Å². The molecule has 0 aliphatic carbocycles. The second kappa shape index (κ2) is 9.18. The quantitative estimate of drug-likeness (QED) is 0.706. The van der Waals surface area contributed by atoms with Crippen molar-refractivity contribution in [3.63, 3.8) is 0 Å². The van der Waals surface area contributed by atoms with E-state index in [9.17, 15) is 9.59 Å². The third-order valence-corrected chi connectivity index (χ3v) is 6.49. The number of likely N-dealkylation sites (tertiary alicyclic amines) is 2. The van der Waals surface area contributed by atoms with Gasteiger partial charge in [-0.15, -0.1) is 0 Å². The number of nitrogens with zero attached hydrogens (tertiary/aromatic N) is 2. The molecule has 0 spiro atoms. The van der Waals surface area contributed by atoms with Crippen LogP contribution < -0.4 is 9.47 Å². The van der Waals surface area contributed by atoms with E-state index < -0.39 is 0 Å². The highest BCUT2D eigenvalue weighted by Gasteiger charge is 2.43. The van der Waals surface area contributed by atoms with Crippen LogP contribution in [-0.4, -0.2) is 62.0 Å². The standard InChI is InChI=1S/C24H27ClN2O4/c1-30-18-8-9-22(31-2)19(13-18)20-14-27(23(28)16-6-5-7-17(25)12-16)15-21(20)24(29)26-10-3-4-11-26/h5-9,12-13,20-21H,3-4,10-11,14-15H2,1-2H3/t20-,21-/m0/s1. The van der Waals surface area contributed by atoms with Gasteiger partial charge < -0.3 is 19.3 Å². The molecule has 2 aromatic carbocycles. The molecule has 2 saturated heterocycles. The van der Waals surface area contributed by atoms with Gasteiger partial charge in [-0.1, -0.05) is 17.7 Å². The summed E-state index contributed by atoms with van der Waals surface area (Å²) in [4.78, 5) is 30.4. The Labute approximate surface area is 187 Å². The summed E-state index contributed by atoms with van der Waals surface area (Å²) in [5.41, 5.74) is 1.42. The summed E-state index contributed by atoms with van der Waals surface area (Å²) in [5, 5.41) is 0.515. The predicted molar refractivity (Wildman–Crippen MR) is 119 cm³/mol. The second-order valence-electron chi connectivity index (χ2n) is 8.07. The second-order valence-corrected chi connectivity index (χ2v) is 8.51. The van der Waals surface area contributed by atoms with Gasteiger partial charge >= 0.3 is 0 Å². The normalized spacial score (nSPS) is 20.7. The lowest BCUT2D eigenvalue weighted by atomic mass is 9.87. The van der Waals surface area contributed by atoms with Crippen molar-refractivity contribution in [3.8, 4) is 11.5 Å². The number of amides is 2. The van der Waals surface area contributed by atoms with Crippen LogP contribution in [0.2, 0.25) is 5.02 Å². The molecule has 0 saturated carbocycles. The summed E-state index contributed by atoms with van der Waals surface area (Å²) in [6.07, 6.45) is 2.05. The van der Waals surface area contributed by atoms with Gasteiger partial charge in [0.15, 0.2) is 0 Å². The molecule has 2 amide bonds. The highest BCUT2D eigenvalue weighted by atomic mass is 35.5. The molecule has 2 fully saturated rings. The van der Waals surface area contributed by atoms with E-state index in [1.54, 1.807) is 43.4 Å². The van der Waals surface area contributed by atoms with Crippen LogP contribution in [0.4, 0.5) is 0 Å². The number of ether oxygens (including phenoxy) is 2. The van der Waals surface area contributed by atoms with Gasteiger partial charge in [0.05, 0.1) is 20.1 Å². The topological polar surface area (TPSA) is 59.1 Å². The lowest BCUT2D eigenvalue weighted by Crippen LogP contribution is -2.37. The van der Waals surface area contributed by atoms with Gasteiger partial charge in [0, 0.05) is 48.2 Å². The van der Waals surface area contributed by atoms with Crippen LogP contribution in [-0.2, 0) is 4.79 Å². The van der Waals surface area contributed by atoms with Gasteiger partial charge in [0.1, 0.15) is 11.5 Å². The summed E-state index contributed by atoms with van der Waals surface area (Å²) >= 11 is 6.10. The van der Waals surface area contributed by atoms with E-state index in [0.717, 1.165) is 31.5 Å². The van der Waals surface area contributed by atoms with Crippen LogP contribution in [0.25, 0.3) is 0 Å². The molecule has 2 aromatic rings. The van der Waals surface area contributed by atoms with Crippen LogP contribution in [0, 0.1) is 5.92 Å². The van der Waals surface area contributed by atoms with Gasteiger partial charge in [0.25, 0.3) is 5.91 Å². The van der Waals surface area contributed by atoms with E-state index >= 15 is 0 Å². The van der Waals surface area contributed by atoms with Gasteiger partial charge in [-0.05, 0) is 49.2 Å². The summed E-state index contributed by atoms with van der Waals surface area (Å²) in [6.45, 7) is 2.35. The van der Waals surface area contributed by atoms with Gasteiger partial charge in [-0.2, -0.15) is 0 Å². The van der Waals surface area contributed by atoms with E-state index in [1.165, 1.54) is 0 Å². The largest absolute Gasteiger partial charge is 0.497 e. The van der Waals surface area contributed by atoms with Crippen molar-refractivity contribution in [1.29, 1.82) is 0 Å². The Balaban J connectivity index is 1.69. The minimum atomic E-state index is -0.331. The zero-order valence-electron chi connectivity index (χ0n) is 17.8. The first-order valence-corrected chi connectivity index (χ1v) is 10.9. The molecule has 0 N–H and O–H groups in total. The number of hydrogen-bond donors (Lipinski definition) is 0. The van der Waals surface area contributed by atoms with Crippen molar-refractivity contribution < 1.29 is 19.1 Å². The van der Waals surface area contributed by atoms with Crippen molar-refractivity contribution in [3.05, 3.63) is 58.6 Å². The summed E-state index contributed by atoms with van der Waals surface area (Å²) in [6, 6.07) is 12.5. The number of carbonyl (C=O) groups excluding carboxylic acids is 2. The van der Waals surface area contributed by atoms with Gasteiger partial charge in [-0.25, -0.2) is 0 Å². The first-order valence-electron chi connectivity index (χ1n) is 10.6. The maximum Gasteiger partial charge on any atom is 0.253 e. The fourth-order valence-electron chi connectivity index (χ4n) is 4.64. The summed E-state index contributed by atoms with van der Waals surface area (Å²) in [5.74, 6) is 0.869. The average molecular weight is 443 g/mol. The maximum absolute atomic E-state index is 13.4. The monoisotopic (exact) mass is 442 g/mol. The fraction of sp³-hybridized carbons (Fsp3) is 0.417. The van der Waals surface area contributed by atoms with Crippen LogP contribution in [0.5, 0.6) is 11.5 Å². The molecule has 2 atom stereocenters. The number of hydrogen-bond acceptors (Lipinski definition) is 4. The SMILES string of the molecule is COc1ccc(OC)c([C@@H]2CN(C(=O)c3cccc(Cl)c3)C[C@@H]2C(=O)N2CCCC2)c1. The molecule has 4 rings (SSSR count). The molecule has 0 bridgehead atoms. The minimum Gasteiger partial charge on any atom is -0.497 e. The Morgan fingerprint density at radius 1 is 0.968 bits per heavy atom. The molecule has 0 radical (unpaired) electrons. The third kappa shape index (κ3) is 4.35. The fourth-order valence-corrected chi connectivity index (χ4v) is 4.83. The van der Waals surface area contributed by atoms with E-state index in [4.69, 9.17) is 21.1 Å². The van der Waals surface area contributed by atoms with Crippen LogP contribution in [0.1, 0.15) is 34.7 Å². The van der Waals surface area contributed by atoms with E-state index in [-0.39, 0.29) is 23.7 Å². The maximum atomic E-state index is 13.4. The molecule has 6 nitrogen and oxygen atoms in total. The lowest BCUT2D eigenvalue weighted by molar-refractivity contribution is -0.134. The first kappa shape index (κ1) is 21.5. The zero-order chi connectivity index (χ0) is 22.0. The predicted octanol–water partition coefficient (Wildman–Crippen LogP) is 3.84. The lowest BCUT2D eigenvalue weighted by Gasteiger charge is -2.25. The smallest absolute Gasteiger partial charge is 0.253 e. The van der Waals surface area contributed by atoms with Crippen LogP contribution in [0.15, 0.2) is 42.5 Å². The van der Waals surface area contributed by atoms with Crippen molar-refractivity contribution in [1.82, 2.24) is 9.80 Å². The number of methoxy groups -OCH3 is 2. The van der Waals surface area contributed by atoms with Crippen molar-refractivity contribution in [2.24, 2.45) is 5.92 Å². The Morgan fingerprint density at radius 2 is 1.74 bits per heavy atom. The number of halogens is 1. The van der Waals surface area contributed by atoms with Crippen molar-refractivity contribution in [2.75, 3.05) is 40.4 Å². The molecule has 2 heterocycles. The molecule has 31 heavy (non-hydrogen) atoms. The van der Waals surface area contributed by atoms with Gasteiger partial charge in [-0.3, -0.25) is 9.59 Å².